The summed E-state index contributed by atoms with van der Waals surface area (Å²) in [6.07, 6.45) is 1.17. The lowest BCUT2D eigenvalue weighted by Crippen LogP contribution is -2.12. The lowest BCUT2D eigenvalue weighted by molar-refractivity contribution is 0.102. The molecule has 6 heteroatoms. The SMILES string of the molecule is Cc1nc(C(=O)Nc2cc(F)cc(F)c2)co1. The molecule has 1 heterocycles. The molecule has 0 aliphatic rings. The molecule has 0 saturated carbocycles. The van der Waals surface area contributed by atoms with Crippen LogP contribution in [0.3, 0.4) is 0 Å². The van der Waals surface area contributed by atoms with Crippen molar-refractivity contribution in [2.45, 2.75) is 6.92 Å². The van der Waals surface area contributed by atoms with Crippen molar-refractivity contribution in [1.29, 1.82) is 0 Å². The average molecular weight is 238 g/mol. The van der Waals surface area contributed by atoms with Crippen molar-refractivity contribution in [3.8, 4) is 0 Å². The molecule has 1 aromatic carbocycles. The molecule has 88 valence electrons. The number of hydrogen-bond acceptors (Lipinski definition) is 3. The predicted molar refractivity (Wildman–Crippen MR) is 55.6 cm³/mol. The molecule has 0 radical (unpaired) electrons. The number of amides is 1. The Balaban J connectivity index is 2.18. The predicted octanol–water partition coefficient (Wildman–Crippen LogP) is 2.51. The number of benzene rings is 1. The summed E-state index contributed by atoms with van der Waals surface area (Å²) in [4.78, 5) is 15.4. The topological polar surface area (TPSA) is 55.1 Å². The number of rotatable bonds is 2. The minimum absolute atomic E-state index is 0.0214. The zero-order valence-electron chi connectivity index (χ0n) is 8.83. The van der Waals surface area contributed by atoms with Gasteiger partial charge in [0.2, 0.25) is 0 Å². The van der Waals surface area contributed by atoms with Crippen molar-refractivity contribution in [2.75, 3.05) is 5.32 Å². The second-order valence-electron chi connectivity index (χ2n) is 3.36. The average Bonchev–Trinajstić information content (AvgIpc) is 2.63. The Kier molecular flexibility index (Phi) is 2.86. The van der Waals surface area contributed by atoms with Crippen LogP contribution in [0.5, 0.6) is 0 Å². The van der Waals surface area contributed by atoms with Crippen LogP contribution in [0.2, 0.25) is 0 Å². The first-order valence-electron chi connectivity index (χ1n) is 4.74. The molecular weight excluding hydrogens is 230 g/mol. The van der Waals surface area contributed by atoms with Gasteiger partial charge in [-0.05, 0) is 12.1 Å². The van der Waals surface area contributed by atoms with Gasteiger partial charge in [-0.3, -0.25) is 4.79 Å². The summed E-state index contributed by atoms with van der Waals surface area (Å²) >= 11 is 0. The highest BCUT2D eigenvalue weighted by Crippen LogP contribution is 2.14. The number of anilines is 1. The fourth-order valence-corrected chi connectivity index (χ4v) is 1.29. The highest BCUT2D eigenvalue weighted by atomic mass is 19.1. The molecule has 2 rings (SSSR count). The molecular formula is C11H8F2N2O2. The fourth-order valence-electron chi connectivity index (χ4n) is 1.29. The van der Waals surface area contributed by atoms with Crippen LogP contribution in [-0.2, 0) is 0 Å². The minimum Gasteiger partial charge on any atom is -0.448 e. The highest BCUT2D eigenvalue weighted by Gasteiger charge is 2.11. The number of aryl methyl sites for hydroxylation is 1. The molecule has 0 atom stereocenters. The van der Waals surface area contributed by atoms with E-state index in [1.54, 1.807) is 6.92 Å². The summed E-state index contributed by atoms with van der Waals surface area (Å²) in [7, 11) is 0. The normalized spacial score (nSPS) is 10.3. The maximum atomic E-state index is 12.9. The van der Waals surface area contributed by atoms with Crippen LogP contribution in [0.4, 0.5) is 14.5 Å². The molecule has 0 unspecified atom stereocenters. The molecule has 0 bridgehead atoms. The van der Waals surface area contributed by atoms with E-state index in [0.29, 0.717) is 5.89 Å². The molecule has 1 N–H and O–H groups in total. The van der Waals surface area contributed by atoms with E-state index in [2.05, 4.69) is 10.3 Å². The van der Waals surface area contributed by atoms with Crippen molar-refractivity contribution in [3.63, 3.8) is 0 Å². The first-order chi connectivity index (χ1) is 8.04. The van der Waals surface area contributed by atoms with Gasteiger partial charge in [0.15, 0.2) is 11.6 Å². The van der Waals surface area contributed by atoms with Gasteiger partial charge in [0, 0.05) is 18.7 Å². The van der Waals surface area contributed by atoms with Crippen molar-refractivity contribution in [1.82, 2.24) is 4.98 Å². The molecule has 17 heavy (non-hydrogen) atoms. The Hall–Kier alpha value is -2.24. The summed E-state index contributed by atoms with van der Waals surface area (Å²) in [5.41, 5.74) is 0.0697. The van der Waals surface area contributed by atoms with Crippen molar-refractivity contribution in [3.05, 3.63) is 47.7 Å². The standard InChI is InChI=1S/C11H8F2N2O2/c1-6-14-10(5-17-6)11(16)15-9-3-7(12)2-8(13)4-9/h2-5H,1H3,(H,15,16). The van der Waals surface area contributed by atoms with Crippen LogP contribution in [-0.4, -0.2) is 10.9 Å². The summed E-state index contributed by atoms with van der Waals surface area (Å²) in [5, 5.41) is 2.31. The first-order valence-corrected chi connectivity index (χ1v) is 4.74. The summed E-state index contributed by atoms with van der Waals surface area (Å²) in [6, 6.07) is 2.73. The molecule has 0 saturated heterocycles. The summed E-state index contributed by atoms with van der Waals surface area (Å²) in [5.74, 6) is -1.79. The second kappa shape index (κ2) is 4.32. The van der Waals surface area contributed by atoms with E-state index < -0.39 is 17.5 Å². The molecule has 0 aliphatic carbocycles. The lowest BCUT2D eigenvalue weighted by Gasteiger charge is -2.02. The van der Waals surface area contributed by atoms with Gasteiger partial charge < -0.3 is 9.73 Å². The zero-order valence-corrected chi connectivity index (χ0v) is 8.83. The van der Waals surface area contributed by atoms with E-state index in [0.717, 1.165) is 18.2 Å². The van der Waals surface area contributed by atoms with E-state index >= 15 is 0 Å². The Bertz CT molecular complexity index is 546. The van der Waals surface area contributed by atoms with Crippen LogP contribution in [0, 0.1) is 18.6 Å². The lowest BCUT2D eigenvalue weighted by atomic mass is 10.3. The number of oxazole rings is 1. The third-order valence-electron chi connectivity index (χ3n) is 1.97. The molecule has 0 fully saturated rings. The van der Waals surface area contributed by atoms with Gasteiger partial charge in [-0.15, -0.1) is 0 Å². The molecule has 1 amide bonds. The first kappa shape index (κ1) is 11.3. The van der Waals surface area contributed by atoms with E-state index in [1.807, 2.05) is 0 Å². The number of nitrogens with one attached hydrogen (secondary N) is 1. The van der Waals surface area contributed by atoms with E-state index in [-0.39, 0.29) is 11.4 Å². The van der Waals surface area contributed by atoms with Gasteiger partial charge in [-0.1, -0.05) is 0 Å². The van der Waals surface area contributed by atoms with Crippen LogP contribution in [0.1, 0.15) is 16.4 Å². The molecule has 0 spiro atoms. The van der Waals surface area contributed by atoms with Crippen LogP contribution >= 0.6 is 0 Å². The zero-order chi connectivity index (χ0) is 12.4. The fraction of sp³-hybridized carbons (Fsp3) is 0.0909. The molecule has 2 aromatic rings. The van der Waals surface area contributed by atoms with Crippen molar-refractivity contribution >= 4 is 11.6 Å². The number of halogens is 2. The molecule has 0 aliphatic heterocycles. The Morgan fingerprint density at radius 1 is 1.29 bits per heavy atom. The number of aromatic nitrogens is 1. The largest absolute Gasteiger partial charge is 0.448 e. The molecule has 1 aromatic heterocycles. The van der Waals surface area contributed by atoms with Gasteiger partial charge in [0.1, 0.15) is 17.9 Å². The van der Waals surface area contributed by atoms with Gasteiger partial charge in [0.05, 0.1) is 0 Å². The maximum absolute atomic E-state index is 12.9. The van der Waals surface area contributed by atoms with Crippen LogP contribution in [0.25, 0.3) is 0 Å². The number of carbonyl (C=O) groups is 1. The second-order valence-corrected chi connectivity index (χ2v) is 3.36. The van der Waals surface area contributed by atoms with Crippen molar-refractivity contribution < 1.29 is 18.0 Å². The maximum Gasteiger partial charge on any atom is 0.277 e. The van der Waals surface area contributed by atoms with Gasteiger partial charge in [-0.25, -0.2) is 13.8 Å². The Morgan fingerprint density at radius 3 is 2.47 bits per heavy atom. The Labute approximate surface area is 95.3 Å². The van der Waals surface area contributed by atoms with E-state index in [4.69, 9.17) is 4.42 Å². The molecule has 4 nitrogen and oxygen atoms in total. The van der Waals surface area contributed by atoms with E-state index in [1.165, 1.54) is 6.26 Å². The highest BCUT2D eigenvalue weighted by molar-refractivity contribution is 6.02. The third-order valence-corrected chi connectivity index (χ3v) is 1.97. The van der Waals surface area contributed by atoms with Crippen LogP contribution < -0.4 is 5.32 Å². The van der Waals surface area contributed by atoms with E-state index in [9.17, 15) is 13.6 Å². The minimum atomic E-state index is -0.767. The smallest absolute Gasteiger partial charge is 0.277 e. The summed E-state index contributed by atoms with van der Waals surface area (Å²) in [6.45, 7) is 1.58. The van der Waals surface area contributed by atoms with Gasteiger partial charge in [-0.2, -0.15) is 0 Å². The summed E-state index contributed by atoms with van der Waals surface area (Å²) < 4.78 is 30.6. The number of hydrogen-bond donors (Lipinski definition) is 1. The van der Waals surface area contributed by atoms with Crippen LogP contribution in [0.15, 0.2) is 28.9 Å². The third kappa shape index (κ3) is 2.66. The van der Waals surface area contributed by atoms with Gasteiger partial charge in [0.25, 0.3) is 5.91 Å². The number of carbonyl (C=O) groups excluding carboxylic acids is 1. The number of nitrogens with zero attached hydrogens (tertiary/aromatic N) is 1. The monoisotopic (exact) mass is 238 g/mol. The van der Waals surface area contributed by atoms with Gasteiger partial charge >= 0.3 is 0 Å². The Morgan fingerprint density at radius 2 is 1.94 bits per heavy atom. The quantitative estimate of drug-likeness (QED) is 0.874. The van der Waals surface area contributed by atoms with Crippen molar-refractivity contribution in [2.24, 2.45) is 0 Å².